The Kier molecular flexibility index (Phi) is 3.01. The van der Waals surface area contributed by atoms with Gasteiger partial charge in [0.1, 0.15) is 11.5 Å². The molecule has 2 N–H and O–H groups in total. The van der Waals surface area contributed by atoms with E-state index in [0.717, 1.165) is 11.1 Å². The zero-order valence-corrected chi connectivity index (χ0v) is 11.8. The van der Waals surface area contributed by atoms with Gasteiger partial charge >= 0.3 is 0 Å². The predicted octanol–water partition coefficient (Wildman–Crippen LogP) is 2.43. The van der Waals surface area contributed by atoms with Gasteiger partial charge in [0.15, 0.2) is 0 Å². The van der Waals surface area contributed by atoms with Crippen LogP contribution in [0.15, 0.2) is 23.2 Å². The average Bonchev–Trinajstić information content (AvgIpc) is 2.94. The van der Waals surface area contributed by atoms with Crippen LogP contribution >= 0.6 is 0 Å². The molecule has 108 valence electrons. The molecule has 0 radical (unpaired) electrons. The van der Waals surface area contributed by atoms with Gasteiger partial charge < -0.3 is 9.67 Å². The van der Waals surface area contributed by atoms with Crippen molar-refractivity contribution in [2.75, 3.05) is 0 Å². The minimum atomic E-state index is -0.328. The molecule has 0 unspecified atom stereocenters. The molecular formula is C15H15FN4O. The zero-order chi connectivity index (χ0) is 15.1. The largest absolute Gasteiger partial charge is 0.493 e. The van der Waals surface area contributed by atoms with E-state index >= 15 is 0 Å². The van der Waals surface area contributed by atoms with Crippen molar-refractivity contribution in [3.63, 3.8) is 0 Å². The van der Waals surface area contributed by atoms with Crippen molar-refractivity contribution in [2.24, 2.45) is 12.0 Å². The Morgan fingerprint density at radius 3 is 2.86 bits per heavy atom. The molecule has 0 spiro atoms. The molecule has 1 aromatic carbocycles. The highest BCUT2D eigenvalue weighted by Crippen LogP contribution is 2.34. The summed E-state index contributed by atoms with van der Waals surface area (Å²) in [4.78, 5) is 4.17. The Hall–Kier alpha value is -2.63. The van der Waals surface area contributed by atoms with E-state index in [0.29, 0.717) is 17.9 Å². The number of benzene rings is 1. The van der Waals surface area contributed by atoms with E-state index in [9.17, 15) is 9.50 Å². The van der Waals surface area contributed by atoms with Gasteiger partial charge in [0, 0.05) is 37.0 Å². The van der Waals surface area contributed by atoms with Crippen LogP contribution in [0, 0.1) is 11.2 Å². The number of aromatic hydroxyl groups is 1. The summed E-state index contributed by atoms with van der Waals surface area (Å²) in [5, 5.41) is 18.2. The zero-order valence-electron chi connectivity index (χ0n) is 11.8. The normalized spacial score (nSPS) is 14.9. The summed E-state index contributed by atoms with van der Waals surface area (Å²) in [6.45, 7) is 2.38. The highest BCUT2D eigenvalue weighted by Gasteiger charge is 2.17. The maximum atomic E-state index is 13.2. The van der Waals surface area contributed by atoms with E-state index in [-0.39, 0.29) is 17.3 Å². The lowest BCUT2D eigenvalue weighted by Gasteiger charge is -2.01. The first-order chi connectivity index (χ1) is 10.0. The van der Waals surface area contributed by atoms with Crippen LogP contribution < -0.4 is 5.62 Å². The molecule has 0 bridgehead atoms. The van der Waals surface area contributed by atoms with Crippen LogP contribution in [0.5, 0.6) is 5.88 Å². The molecule has 2 aromatic rings. The Labute approximate surface area is 120 Å². The molecule has 0 amide bonds. The molecule has 0 atom stereocenters. The third-order valence-corrected chi connectivity index (χ3v) is 3.64. The molecule has 5 nitrogen and oxygen atoms in total. The third-order valence-electron chi connectivity index (χ3n) is 3.64. The number of halogens is 1. The fraction of sp³-hybridized carbons (Fsp3) is 0.200. The lowest BCUT2D eigenvalue weighted by atomic mass is 10.1. The summed E-state index contributed by atoms with van der Waals surface area (Å²) in [5.74, 6) is -0.285. The second-order valence-electron chi connectivity index (χ2n) is 4.86. The number of fused-ring (bicyclic) bond motifs is 1. The number of rotatable bonds is 2. The first-order valence-electron chi connectivity index (χ1n) is 6.61. The van der Waals surface area contributed by atoms with E-state index in [1.165, 1.54) is 16.7 Å². The summed E-state index contributed by atoms with van der Waals surface area (Å²) in [5.41, 5.74) is 2.91. The van der Waals surface area contributed by atoms with Gasteiger partial charge in [-0.1, -0.05) is 0 Å². The van der Waals surface area contributed by atoms with Gasteiger partial charge in [-0.2, -0.15) is 0 Å². The number of imidazole rings is 1. The van der Waals surface area contributed by atoms with Crippen LogP contribution in [0.1, 0.15) is 18.2 Å². The summed E-state index contributed by atoms with van der Waals surface area (Å²) < 4.78 is 16.3. The van der Waals surface area contributed by atoms with Crippen LogP contribution in [0.2, 0.25) is 0 Å². The van der Waals surface area contributed by atoms with E-state index < -0.39 is 0 Å². The molecule has 21 heavy (non-hydrogen) atoms. The minimum absolute atomic E-state index is 0.0430. The van der Waals surface area contributed by atoms with Crippen molar-refractivity contribution in [3.05, 3.63) is 40.9 Å². The third kappa shape index (κ3) is 1.99. The Balaban J connectivity index is 2.15. The number of aromatic nitrogens is 2. The topological polar surface area (TPSA) is 66.3 Å². The van der Waals surface area contributed by atoms with Gasteiger partial charge in [-0.25, -0.2) is 4.39 Å². The fourth-order valence-corrected chi connectivity index (χ4v) is 2.47. The second-order valence-corrected chi connectivity index (χ2v) is 4.86. The molecule has 2 heterocycles. The van der Waals surface area contributed by atoms with Crippen LogP contribution in [-0.4, -0.2) is 20.5 Å². The molecule has 0 aliphatic carbocycles. The standard InChI is InChI=1S/C15H15FN4O/c1-3-20-14(21)13(19(2)15(20)17)6-9-8-18-12-7-10(16)4-5-11(9)12/h4-8,17,21H,3H2,1-2H3/b9-6+,17-15?. The predicted molar refractivity (Wildman–Crippen MR) is 79.0 cm³/mol. The molecule has 1 aliphatic rings. The van der Waals surface area contributed by atoms with Crippen molar-refractivity contribution in [3.8, 4) is 5.88 Å². The number of hydrogen-bond donors (Lipinski definition) is 2. The van der Waals surface area contributed by atoms with E-state index in [4.69, 9.17) is 5.41 Å². The summed E-state index contributed by atoms with van der Waals surface area (Å²) in [6.07, 6.45) is 3.39. The maximum Gasteiger partial charge on any atom is 0.218 e. The summed E-state index contributed by atoms with van der Waals surface area (Å²) >= 11 is 0. The van der Waals surface area contributed by atoms with Crippen molar-refractivity contribution in [2.45, 2.75) is 13.5 Å². The Morgan fingerprint density at radius 2 is 2.19 bits per heavy atom. The number of aliphatic imine (C=N–C) groups is 1. The van der Waals surface area contributed by atoms with Gasteiger partial charge in [-0.05, 0) is 25.1 Å². The summed E-state index contributed by atoms with van der Waals surface area (Å²) in [6, 6.07) is 4.42. The highest BCUT2D eigenvalue weighted by atomic mass is 19.1. The van der Waals surface area contributed by atoms with Crippen LogP contribution in [0.4, 0.5) is 10.1 Å². The molecule has 0 saturated heterocycles. The SMILES string of the molecule is CCn1c(O)c(/C=C2\C=Nc3cc(F)ccc32)n(C)c1=N. The van der Waals surface area contributed by atoms with Crippen molar-refractivity contribution < 1.29 is 9.50 Å². The Bertz CT molecular complexity index is 842. The lowest BCUT2D eigenvalue weighted by Crippen LogP contribution is -2.22. The molecule has 0 saturated carbocycles. The molecule has 3 rings (SSSR count). The van der Waals surface area contributed by atoms with Gasteiger partial charge in [0.05, 0.1) is 5.69 Å². The first kappa shape index (κ1) is 13.4. The quantitative estimate of drug-likeness (QED) is 0.874. The number of allylic oxidation sites excluding steroid dienone is 1. The van der Waals surface area contributed by atoms with Gasteiger partial charge in [0.2, 0.25) is 11.5 Å². The van der Waals surface area contributed by atoms with Gasteiger partial charge in [0.25, 0.3) is 0 Å². The maximum absolute atomic E-state index is 13.2. The molecule has 1 aromatic heterocycles. The molecule has 1 aliphatic heterocycles. The van der Waals surface area contributed by atoms with Crippen LogP contribution in [-0.2, 0) is 13.6 Å². The monoisotopic (exact) mass is 286 g/mol. The number of nitrogens with one attached hydrogen (secondary N) is 1. The van der Waals surface area contributed by atoms with Crippen molar-refractivity contribution >= 4 is 23.6 Å². The van der Waals surface area contributed by atoms with Crippen molar-refractivity contribution in [1.82, 2.24) is 9.13 Å². The number of nitrogens with zero attached hydrogens (tertiary/aromatic N) is 3. The van der Waals surface area contributed by atoms with Crippen molar-refractivity contribution in [1.29, 1.82) is 5.41 Å². The van der Waals surface area contributed by atoms with Gasteiger partial charge in [-0.15, -0.1) is 0 Å². The molecular weight excluding hydrogens is 271 g/mol. The van der Waals surface area contributed by atoms with Gasteiger partial charge in [-0.3, -0.25) is 15.0 Å². The molecule has 0 fully saturated rings. The summed E-state index contributed by atoms with van der Waals surface area (Å²) in [7, 11) is 1.72. The van der Waals surface area contributed by atoms with E-state index in [1.54, 1.807) is 30.0 Å². The van der Waals surface area contributed by atoms with E-state index in [2.05, 4.69) is 4.99 Å². The minimum Gasteiger partial charge on any atom is -0.493 e. The fourth-order valence-electron chi connectivity index (χ4n) is 2.47. The smallest absolute Gasteiger partial charge is 0.218 e. The van der Waals surface area contributed by atoms with E-state index in [1.807, 2.05) is 6.92 Å². The van der Waals surface area contributed by atoms with Crippen LogP contribution in [0.3, 0.4) is 0 Å². The Morgan fingerprint density at radius 1 is 1.43 bits per heavy atom. The number of hydrogen-bond acceptors (Lipinski definition) is 3. The van der Waals surface area contributed by atoms with Crippen LogP contribution in [0.25, 0.3) is 11.6 Å². The second kappa shape index (κ2) is 4.73. The molecule has 6 heteroatoms. The lowest BCUT2D eigenvalue weighted by molar-refractivity contribution is 0.415. The highest BCUT2D eigenvalue weighted by molar-refractivity contribution is 6.21. The average molecular weight is 286 g/mol. The first-order valence-corrected chi connectivity index (χ1v) is 6.61.